The molecule has 1 aliphatic rings. The highest BCUT2D eigenvalue weighted by molar-refractivity contribution is 5.91. The Morgan fingerprint density at radius 3 is 2.33 bits per heavy atom. The Morgan fingerprint density at radius 2 is 1.80 bits per heavy atom. The van der Waals surface area contributed by atoms with Gasteiger partial charge in [-0.05, 0) is 24.2 Å². The molecule has 7 heteroatoms. The summed E-state index contributed by atoms with van der Waals surface area (Å²) in [7, 11) is 1.80. The SMILES string of the molecule is CCC(C)(C)CCC(=O)N1CCN(c2cnc(C(=O)N(C)CCC(C)C)cn2)CC1. The molecule has 0 N–H and O–H groups in total. The number of carbonyl (C=O) groups excluding carboxylic acids is 2. The third kappa shape index (κ3) is 6.96. The van der Waals surface area contributed by atoms with Crippen molar-refractivity contribution in [2.75, 3.05) is 44.7 Å². The lowest BCUT2D eigenvalue weighted by Gasteiger charge is -2.36. The summed E-state index contributed by atoms with van der Waals surface area (Å²) in [5, 5.41) is 0. The summed E-state index contributed by atoms with van der Waals surface area (Å²) in [5.74, 6) is 1.46. The van der Waals surface area contributed by atoms with Crippen LogP contribution >= 0.6 is 0 Å². The van der Waals surface area contributed by atoms with Gasteiger partial charge in [0.2, 0.25) is 5.91 Å². The van der Waals surface area contributed by atoms with E-state index in [-0.39, 0.29) is 17.2 Å². The van der Waals surface area contributed by atoms with Crippen molar-refractivity contribution in [3.63, 3.8) is 0 Å². The average molecular weight is 418 g/mol. The number of nitrogens with zero attached hydrogens (tertiary/aromatic N) is 5. The Morgan fingerprint density at radius 1 is 1.13 bits per heavy atom. The predicted molar refractivity (Wildman–Crippen MR) is 121 cm³/mol. The minimum absolute atomic E-state index is 0.0971. The molecule has 0 atom stereocenters. The van der Waals surface area contributed by atoms with Gasteiger partial charge < -0.3 is 14.7 Å². The first-order valence-corrected chi connectivity index (χ1v) is 11.2. The molecule has 0 radical (unpaired) electrons. The molecule has 1 aromatic heterocycles. The van der Waals surface area contributed by atoms with E-state index in [0.29, 0.717) is 37.7 Å². The smallest absolute Gasteiger partial charge is 0.273 e. The highest BCUT2D eigenvalue weighted by atomic mass is 16.2. The number of aromatic nitrogens is 2. The van der Waals surface area contributed by atoms with Crippen molar-refractivity contribution in [3.05, 3.63) is 18.1 Å². The maximum Gasteiger partial charge on any atom is 0.273 e. The van der Waals surface area contributed by atoms with Crippen molar-refractivity contribution in [2.45, 2.75) is 60.3 Å². The number of rotatable bonds is 9. The first-order chi connectivity index (χ1) is 14.1. The van der Waals surface area contributed by atoms with Crippen LogP contribution in [0.2, 0.25) is 0 Å². The van der Waals surface area contributed by atoms with Gasteiger partial charge in [-0.3, -0.25) is 9.59 Å². The second-order valence-corrected chi connectivity index (χ2v) is 9.55. The summed E-state index contributed by atoms with van der Waals surface area (Å²) in [6.07, 6.45) is 6.82. The number of piperazine rings is 1. The lowest BCUT2D eigenvalue weighted by molar-refractivity contribution is -0.132. The van der Waals surface area contributed by atoms with E-state index in [1.54, 1.807) is 24.3 Å². The molecular weight excluding hydrogens is 378 g/mol. The van der Waals surface area contributed by atoms with Gasteiger partial charge in [0.05, 0.1) is 12.4 Å². The van der Waals surface area contributed by atoms with E-state index >= 15 is 0 Å². The van der Waals surface area contributed by atoms with Crippen molar-refractivity contribution in [3.8, 4) is 0 Å². The molecule has 168 valence electrons. The zero-order valence-corrected chi connectivity index (χ0v) is 19.6. The van der Waals surface area contributed by atoms with Gasteiger partial charge in [-0.15, -0.1) is 0 Å². The molecule has 0 spiro atoms. The lowest BCUT2D eigenvalue weighted by Crippen LogP contribution is -2.49. The van der Waals surface area contributed by atoms with Crippen LogP contribution in [-0.2, 0) is 4.79 Å². The standard InChI is InChI=1S/C23H39N5O2/c1-7-23(4,5)10-8-21(29)28-14-12-27(13-15-28)20-17-24-19(16-25-20)22(30)26(6)11-9-18(2)3/h16-18H,7-15H2,1-6H3. The average Bonchev–Trinajstić information content (AvgIpc) is 2.75. The summed E-state index contributed by atoms with van der Waals surface area (Å²) in [4.78, 5) is 39.6. The highest BCUT2D eigenvalue weighted by Gasteiger charge is 2.24. The molecule has 0 aliphatic carbocycles. The Balaban J connectivity index is 1.84. The molecule has 1 saturated heterocycles. The van der Waals surface area contributed by atoms with Gasteiger partial charge >= 0.3 is 0 Å². The summed E-state index contributed by atoms with van der Waals surface area (Å²) >= 11 is 0. The highest BCUT2D eigenvalue weighted by Crippen LogP contribution is 2.26. The van der Waals surface area contributed by atoms with Crippen LogP contribution in [0.25, 0.3) is 0 Å². The van der Waals surface area contributed by atoms with Crippen LogP contribution in [0.15, 0.2) is 12.4 Å². The van der Waals surface area contributed by atoms with E-state index in [0.717, 1.165) is 38.2 Å². The van der Waals surface area contributed by atoms with Crippen LogP contribution in [0.4, 0.5) is 5.82 Å². The van der Waals surface area contributed by atoms with E-state index in [2.05, 4.69) is 49.5 Å². The Kier molecular flexibility index (Phi) is 8.62. The fourth-order valence-corrected chi connectivity index (χ4v) is 3.31. The second kappa shape index (κ2) is 10.7. The number of anilines is 1. The predicted octanol–water partition coefficient (Wildman–Crippen LogP) is 3.46. The Hall–Kier alpha value is -2.18. The topological polar surface area (TPSA) is 69.6 Å². The van der Waals surface area contributed by atoms with Crippen molar-refractivity contribution in [2.24, 2.45) is 11.3 Å². The Labute approximate surface area is 181 Å². The molecule has 0 unspecified atom stereocenters. The van der Waals surface area contributed by atoms with Crippen LogP contribution in [0, 0.1) is 11.3 Å². The molecule has 7 nitrogen and oxygen atoms in total. The van der Waals surface area contributed by atoms with E-state index in [1.807, 2.05) is 4.90 Å². The molecule has 2 amide bonds. The van der Waals surface area contributed by atoms with E-state index in [1.165, 1.54) is 0 Å². The zero-order valence-electron chi connectivity index (χ0n) is 19.6. The molecule has 1 fully saturated rings. The fourth-order valence-electron chi connectivity index (χ4n) is 3.31. The van der Waals surface area contributed by atoms with Crippen molar-refractivity contribution in [1.29, 1.82) is 0 Å². The molecule has 1 aromatic rings. The van der Waals surface area contributed by atoms with Crippen LogP contribution in [0.5, 0.6) is 0 Å². The van der Waals surface area contributed by atoms with Crippen LogP contribution in [-0.4, -0.2) is 71.4 Å². The van der Waals surface area contributed by atoms with Crippen molar-refractivity contribution >= 4 is 17.6 Å². The Bertz CT molecular complexity index is 694. The van der Waals surface area contributed by atoms with Gasteiger partial charge in [0.15, 0.2) is 0 Å². The monoisotopic (exact) mass is 417 g/mol. The molecule has 0 saturated carbocycles. The molecular formula is C23H39N5O2. The minimum atomic E-state index is -0.0971. The number of carbonyl (C=O) groups is 2. The van der Waals surface area contributed by atoms with Crippen LogP contribution in [0.1, 0.15) is 70.8 Å². The second-order valence-electron chi connectivity index (χ2n) is 9.55. The summed E-state index contributed by atoms with van der Waals surface area (Å²) in [5.41, 5.74) is 0.590. The maximum atomic E-state index is 12.5. The van der Waals surface area contributed by atoms with Gasteiger partial charge in [0.1, 0.15) is 11.5 Å². The first-order valence-electron chi connectivity index (χ1n) is 11.2. The minimum Gasteiger partial charge on any atom is -0.352 e. The number of hydrogen-bond acceptors (Lipinski definition) is 5. The fraction of sp³-hybridized carbons (Fsp3) is 0.739. The quantitative estimate of drug-likeness (QED) is 0.615. The van der Waals surface area contributed by atoms with Gasteiger partial charge in [0, 0.05) is 46.2 Å². The number of hydrogen-bond donors (Lipinski definition) is 0. The molecule has 2 rings (SSSR count). The van der Waals surface area contributed by atoms with Gasteiger partial charge in [-0.25, -0.2) is 9.97 Å². The van der Waals surface area contributed by atoms with Crippen LogP contribution in [0.3, 0.4) is 0 Å². The van der Waals surface area contributed by atoms with Crippen molar-refractivity contribution in [1.82, 2.24) is 19.8 Å². The van der Waals surface area contributed by atoms with E-state index in [4.69, 9.17) is 0 Å². The summed E-state index contributed by atoms with van der Waals surface area (Å²) in [6, 6.07) is 0. The largest absolute Gasteiger partial charge is 0.352 e. The molecule has 2 heterocycles. The number of amides is 2. The van der Waals surface area contributed by atoms with E-state index in [9.17, 15) is 9.59 Å². The third-order valence-corrected chi connectivity index (χ3v) is 6.18. The molecule has 0 bridgehead atoms. The molecule has 1 aliphatic heterocycles. The van der Waals surface area contributed by atoms with Crippen LogP contribution < -0.4 is 4.90 Å². The van der Waals surface area contributed by atoms with Gasteiger partial charge in [0.25, 0.3) is 5.91 Å². The molecule has 0 aromatic carbocycles. The third-order valence-electron chi connectivity index (χ3n) is 6.18. The maximum absolute atomic E-state index is 12.5. The zero-order chi connectivity index (χ0) is 22.3. The lowest BCUT2D eigenvalue weighted by atomic mass is 9.85. The first kappa shape index (κ1) is 24.1. The normalized spacial score (nSPS) is 14.9. The summed E-state index contributed by atoms with van der Waals surface area (Å²) in [6.45, 7) is 14.5. The van der Waals surface area contributed by atoms with E-state index < -0.39 is 0 Å². The van der Waals surface area contributed by atoms with Gasteiger partial charge in [-0.2, -0.15) is 0 Å². The van der Waals surface area contributed by atoms with Crippen molar-refractivity contribution < 1.29 is 9.59 Å². The molecule has 30 heavy (non-hydrogen) atoms. The van der Waals surface area contributed by atoms with Gasteiger partial charge in [-0.1, -0.05) is 41.0 Å². The summed E-state index contributed by atoms with van der Waals surface area (Å²) < 4.78 is 0.